The molecule has 5 rings (SSSR count). The number of benzene rings is 1. The van der Waals surface area contributed by atoms with Crippen molar-refractivity contribution in [3.8, 4) is 5.88 Å². The number of nitrogens with one attached hydrogen (secondary N) is 1. The number of fused-ring (bicyclic) bond motifs is 3. The van der Waals surface area contributed by atoms with Crippen molar-refractivity contribution >= 4 is 21.4 Å². The molecule has 2 amide bonds. The van der Waals surface area contributed by atoms with E-state index in [1.54, 1.807) is 4.68 Å². The van der Waals surface area contributed by atoms with Crippen LogP contribution in [0.25, 0.3) is 0 Å². The molecule has 154 valence electrons. The number of anilines is 1. The average molecular weight is 418 g/mol. The van der Waals surface area contributed by atoms with Gasteiger partial charge in [-0.25, -0.2) is 18.1 Å². The molecule has 9 heteroatoms. The number of carbonyl (C=O) groups excluding carboxylic acids is 1. The number of alkyl halides is 1. The molecule has 0 spiro atoms. The predicted octanol–water partition coefficient (Wildman–Crippen LogP) is 3.28. The van der Waals surface area contributed by atoms with Gasteiger partial charge in [-0.05, 0) is 48.4 Å². The molecule has 3 atom stereocenters. The number of hydrogen-bond acceptors (Lipinski definition) is 4. The molecule has 0 bridgehead atoms. The zero-order valence-electron chi connectivity index (χ0n) is 16.4. The highest BCUT2D eigenvalue weighted by Gasteiger charge is 2.31. The van der Waals surface area contributed by atoms with Crippen LogP contribution < -0.4 is 10.1 Å². The molecular formula is C20H23FN4O3S. The van der Waals surface area contributed by atoms with Crippen LogP contribution in [0, 0.1) is 0 Å². The van der Waals surface area contributed by atoms with Crippen molar-refractivity contribution in [1.82, 2.24) is 9.78 Å². The zero-order chi connectivity index (χ0) is 20.3. The lowest BCUT2D eigenvalue weighted by Crippen LogP contribution is -2.14. The van der Waals surface area contributed by atoms with Crippen LogP contribution in [0.5, 0.6) is 5.88 Å². The molecule has 29 heavy (non-hydrogen) atoms. The molecule has 2 aromatic rings. The van der Waals surface area contributed by atoms with Gasteiger partial charge in [0.1, 0.15) is 17.2 Å². The molecule has 3 aliphatic rings. The third-order valence-electron chi connectivity index (χ3n) is 5.87. The van der Waals surface area contributed by atoms with Gasteiger partial charge < -0.3 is 10.1 Å². The first-order valence-electron chi connectivity index (χ1n) is 9.88. The predicted molar refractivity (Wildman–Crippen MR) is 107 cm³/mol. The first kappa shape index (κ1) is 18.6. The summed E-state index contributed by atoms with van der Waals surface area (Å²) in [6.45, 7) is 2.47. The second-order valence-electron chi connectivity index (χ2n) is 8.13. The summed E-state index contributed by atoms with van der Waals surface area (Å²) >= 11 is 0. The number of nitrogens with zero attached hydrogens (tertiary/aromatic N) is 3. The van der Waals surface area contributed by atoms with E-state index in [1.165, 1.54) is 18.0 Å². The zero-order valence-corrected chi connectivity index (χ0v) is 17.2. The van der Waals surface area contributed by atoms with Crippen LogP contribution in [0.15, 0.2) is 21.5 Å². The fraction of sp³-hybridized carbons (Fsp3) is 0.500. The van der Waals surface area contributed by atoms with Crippen molar-refractivity contribution in [2.45, 2.75) is 62.7 Å². The molecular weight excluding hydrogens is 395 g/mol. The van der Waals surface area contributed by atoms with Gasteiger partial charge in [-0.1, -0.05) is 6.07 Å². The lowest BCUT2D eigenvalue weighted by molar-refractivity contribution is 0.248. The number of halogens is 1. The van der Waals surface area contributed by atoms with Crippen LogP contribution in [0.4, 0.5) is 14.9 Å². The summed E-state index contributed by atoms with van der Waals surface area (Å²) in [6.07, 6.45) is 5.34. The van der Waals surface area contributed by atoms with Crippen molar-refractivity contribution < 1.29 is 18.1 Å². The summed E-state index contributed by atoms with van der Waals surface area (Å²) in [5, 5.41) is 7.02. The first-order chi connectivity index (χ1) is 13.8. The highest BCUT2D eigenvalue weighted by atomic mass is 32.2. The Bertz CT molecular complexity index is 1150. The molecule has 0 radical (unpaired) electrons. The molecule has 2 heterocycles. The van der Waals surface area contributed by atoms with Gasteiger partial charge in [0.25, 0.3) is 0 Å². The number of carbonyl (C=O) groups is 1. The van der Waals surface area contributed by atoms with E-state index >= 15 is 0 Å². The van der Waals surface area contributed by atoms with Crippen molar-refractivity contribution in [1.29, 1.82) is 0 Å². The summed E-state index contributed by atoms with van der Waals surface area (Å²) in [7, 11) is -3.04. The Morgan fingerprint density at radius 1 is 1.34 bits per heavy atom. The van der Waals surface area contributed by atoms with E-state index < -0.39 is 21.9 Å². The Balaban J connectivity index is 1.49. The van der Waals surface area contributed by atoms with E-state index in [0.29, 0.717) is 35.8 Å². The van der Waals surface area contributed by atoms with Gasteiger partial charge in [0.05, 0.1) is 22.5 Å². The van der Waals surface area contributed by atoms with E-state index in [9.17, 15) is 13.4 Å². The van der Waals surface area contributed by atoms with Gasteiger partial charge in [0, 0.05) is 24.8 Å². The Morgan fingerprint density at radius 3 is 3.00 bits per heavy atom. The van der Waals surface area contributed by atoms with Crippen LogP contribution in [-0.4, -0.2) is 38.6 Å². The van der Waals surface area contributed by atoms with Crippen LogP contribution in [0.3, 0.4) is 0 Å². The average Bonchev–Trinajstić information content (AvgIpc) is 3.36. The van der Waals surface area contributed by atoms with Gasteiger partial charge in [0.15, 0.2) is 0 Å². The van der Waals surface area contributed by atoms with Crippen molar-refractivity contribution in [3.63, 3.8) is 0 Å². The van der Waals surface area contributed by atoms with E-state index in [-0.39, 0.29) is 6.10 Å². The molecule has 7 nitrogen and oxygen atoms in total. The molecule has 0 saturated heterocycles. The minimum Gasteiger partial charge on any atom is -0.472 e. The van der Waals surface area contributed by atoms with E-state index in [0.717, 1.165) is 36.0 Å². The molecule has 0 unspecified atom stereocenters. The van der Waals surface area contributed by atoms with Crippen molar-refractivity contribution in [2.24, 2.45) is 4.36 Å². The number of urea groups is 1. The Hall–Kier alpha value is -2.42. The normalized spacial score (nSPS) is 23.7. The molecule has 1 aromatic heterocycles. The maximum atomic E-state index is 14.0. The standard InChI is InChI=1S/C20H23FN4O3S/c1-11-10-25-19(28-11)17(9-22-25)29(2,27)24-20(26)23-18-15-5-3-4-12(15)6-13-7-14(21)8-16(13)18/h6,9,11,14H,3-5,7-8,10H2,1-2H3,(H,23,26)/t11-,14-,29-/m1/s1. The molecule has 1 aromatic carbocycles. The van der Waals surface area contributed by atoms with Gasteiger partial charge in [-0.2, -0.15) is 5.10 Å². The largest absolute Gasteiger partial charge is 0.472 e. The van der Waals surface area contributed by atoms with Crippen LogP contribution in [0.2, 0.25) is 0 Å². The lowest BCUT2D eigenvalue weighted by Gasteiger charge is -2.15. The number of rotatable bonds is 2. The number of aryl methyl sites for hydroxylation is 1. The topological polar surface area (TPSA) is 85.6 Å². The highest BCUT2D eigenvalue weighted by molar-refractivity contribution is 7.93. The molecule has 1 aliphatic heterocycles. The smallest absolute Gasteiger partial charge is 0.353 e. The summed E-state index contributed by atoms with van der Waals surface area (Å²) in [5.74, 6) is 0.406. The van der Waals surface area contributed by atoms with E-state index in [4.69, 9.17) is 4.74 Å². The maximum Gasteiger partial charge on any atom is 0.353 e. The van der Waals surface area contributed by atoms with Crippen molar-refractivity contribution in [2.75, 3.05) is 11.6 Å². The summed E-state index contributed by atoms with van der Waals surface area (Å²) in [6, 6.07) is 1.40. The summed E-state index contributed by atoms with van der Waals surface area (Å²) < 4.78 is 38.5. The van der Waals surface area contributed by atoms with Crippen LogP contribution in [0.1, 0.15) is 35.6 Å². The second kappa shape index (κ2) is 6.55. The van der Waals surface area contributed by atoms with Gasteiger partial charge in [-0.15, -0.1) is 4.36 Å². The Morgan fingerprint density at radius 2 is 2.17 bits per heavy atom. The third-order valence-corrected chi connectivity index (χ3v) is 7.48. The highest BCUT2D eigenvalue weighted by Crippen LogP contribution is 2.39. The van der Waals surface area contributed by atoms with Crippen LogP contribution in [-0.2, 0) is 42.0 Å². The van der Waals surface area contributed by atoms with Gasteiger partial charge >= 0.3 is 6.03 Å². The Kier molecular flexibility index (Phi) is 4.20. The molecule has 0 saturated carbocycles. The van der Waals surface area contributed by atoms with E-state index in [2.05, 4.69) is 20.8 Å². The number of ether oxygens (including phenoxy) is 1. The van der Waals surface area contributed by atoms with E-state index in [1.807, 2.05) is 6.92 Å². The first-order valence-corrected chi connectivity index (χ1v) is 11.8. The monoisotopic (exact) mass is 418 g/mol. The van der Waals surface area contributed by atoms with Gasteiger partial charge in [0.2, 0.25) is 5.88 Å². The number of aromatic nitrogens is 2. The Labute approximate surface area is 168 Å². The third kappa shape index (κ3) is 3.11. The van der Waals surface area contributed by atoms with Gasteiger partial charge in [-0.3, -0.25) is 0 Å². The summed E-state index contributed by atoms with van der Waals surface area (Å²) in [4.78, 5) is 13.1. The lowest BCUT2D eigenvalue weighted by atomic mass is 9.99. The molecule has 0 fully saturated rings. The second-order valence-corrected chi connectivity index (χ2v) is 10.4. The van der Waals surface area contributed by atoms with Crippen LogP contribution >= 0.6 is 0 Å². The number of hydrogen-bond donors (Lipinski definition) is 1. The minimum atomic E-state index is -3.04. The van der Waals surface area contributed by atoms with Crippen molar-refractivity contribution in [3.05, 3.63) is 34.5 Å². The number of amides is 2. The summed E-state index contributed by atoms with van der Waals surface area (Å²) in [5.41, 5.74) is 4.72. The minimum absolute atomic E-state index is 0.0652. The molecule has 2 aliphatic carbocycles. The SMILES string of the molecule is C[C@@H]1Cn2ncc([S@@](C)(=O)=NC(=O)Nc3c4c(cc5c3C[C@H](F)C5)CCC4)c2O1. The fourth-order valence-electron chi connectivity index (χ4n) is 4.62. The maximum absolute atomic E-state index is 14.0. The molecule has 1 N–H and O–H groups in total. The fourth-order valence-corrected chi connectivity index (χ4v) is 5.81. The quantitative estimate of drug-likeness (QED) is 0.811.